The second kappa shape index (κ2) is 6.39. The molecule has 0 amide bonds. The van der Waals surface area contributed by atoms with E-state index < -0.39 is 0 Å². The van der Waals surface area contributed by atoms with E-state index in [2.05, 4.69) is 15.2 Å². The van der Waals surface area contributed by atoms with Gasteiger partial charge in [0, 0.05) is 16.8 Å². The number of hydrogen-bond donors (Lipinski definition) is 2. The minimum atomic E-state index is 0.560. The van der Waals surface area contributed by atoms with Gasteiger partial charge in [-0.1, -0.05) is 0 Å². The number of nitrogens with zero attached hydrogens (tertiary/aromatic N) is 2. The Morgan fingerprint density at radius 2 is 1.78 bits per heavy atom. The average molecular weight is 310 g/mol. The normalized spacial score (nSPS) is 10.5. The Kier molecular flexibility index (Phi) is 4.14. The van der Waals surface area contributed by atoms with Crippen LogP contribution in [0.15, 0.2) is 42.5 Å². The highest BCUT2D eigenvalue weighted by molar-refractivity contribution is 5.65. The van der Waals surface area contributed by atoms with Crippen LogP contribution in [0, 0.1) is 0 Å². The van der Waals surface area contributed by atoms with E-state index in [-0.39, 0.29) is 0 Å². The highest BCUT2D eigenvalue weighted by atomic mass is 16.5. The van der Waals surface area contributed by atoms with Crippen molar-refractivity contribution in [2.45, 2.75) is 6.92 Å². The number of methoxy groups -OCH3 is 1. The van der Waals surface area contributed by atoms with E-state index in [0.717, 1.165) is 11.1 Å². The molecule has 0 aliphatic heterocycles. The molecule has 3 aromatic rings. The van der Waals surface area contributed by atoms with E-state index in [1.54, 1.807) is 7.11 Å². The number of rotatable bonds is 5. The number of H-pyrrole nitrogens is 1. The third-order valence-corrected chi connectivity index (χ3v) is 3.39. The van der Waals surface area contributed by atoms with Gasteiger partial charge in [0.1, 0.15) is 0 Å². The van der Waals surface area contributed by atoms with Gasteiger partial charge >= 0.3 is 0 Å². The summed E-state index contributed by atoms with van der Waals surface area (Å²) in [5.74, 6) is 2.64. The minimum Gasteiger partial charge on any atom is -0.493 e. The first-order valence-electron chi connectivity index (χ1n) is 7.30. The van der Waals surface area contributed by atoms with Crippen LogP contribution in [0.1, 0.15) is 6.92 Å². The fourth-order valence-electron chi connectivity index (χ4n) is 2.25. The van der Waals surface area contributed by atoms with Gasteiger partial charge in [0.05, 0.1) is 13.7 Å². The topological polar surface area (TPSA) is 86.0 Å². The first-order valence-corrected chi connectivity index (χ1v) is 7.30. The van der Waals surface area contributed by atoms with Gasteiger partial charge in [-0.05, 0) is 49.4 Å². The Hall–Kier alpha value is -3.02. The lowest BCUT2D eigenvalue weighted by atomic mass is 10.2. The van der Waals surface area contributed by atoms with E-state index in [9.17, 15) is 0 Å². The predicted molar refractivity (Wildman–Crippen MR) is 89.4 cm³/mol. The van der Waals surface area contributed by atoms with Gasteiger partial charge in [0.15, 0.2) is 23.1 Å². The standard InChI is InChI=1S/C17H18N4O2/c1-3-23-15-10-12(6-9-14(15)22-2)17-19-16(20-21-17)11-4-7-13(18)8-5-11/h4-10H,3,18H2,1-2H3,(H,19,20,21). The summed E-state index contributed by atoms with van der Waals surface area (Å²) in [6, 6.07) is 13.1. The first kappa shape index (κ1) is 14.9. The Morgan fingerprint density at radius 1 is 1.04 bits per heavy atom. The number of benzene rings is 2. The molecule has 1 heterocycles. The molecule has 0 bridgehead atoms. The maximum absolute atomic E-state index is 5.70. The molecule has 6 heteroatoms. The van der Waals surface area contributed by atoms with Crippen molar-refractivity contribution >= 4 is 5.69 Å². The van der Waals surface area contributed by atoms with Gasteiger partial charge in [0.2, 0.25) is 0 Å². The van der Waals surface area contributed by atoms with Gasteiger partial charge in [0.25, 0.3) is 0 Å². The van der Waals surface area contributed by atoms with Crippen molar-refractivity contribution in [3.8, 4) is 34.3 Å². The summed E-state index contributed by atoms with van der Waals surface area (Å²) in [5, 5.41) is 7.22. The molecular formula is C17H18N4O2. The van der Waals surface area contributed by atoms with Crippen LogP contribution in [-0.2, 0) is 0 Å². The quantitative estimate of drug-likeness (QED) is 0.707. The fourth-order valence-corrected chi connectivity index (χ4v) is 2.25. The molecule has 0 saturated carbocycles. The van der Waals surface area contributed by atoms with Crippen LogP contribution in [0.5, 0.6) is 11.5 Å². The Morgan fingerprint density at radius 3 is 2.48 bits per heavy atom. The first-order chi connectivity index (χ1) is 11.2. The number of nitrogens with one attached hydrogen (secondary N) is 1. The third-order valence-electron chi connectivity index (χ3n) is 3.39. The number of nitrogens with two attached hydrogens (primary N) is 1. The molecule has 1 aromatic heterocycles. The smallest absolute Gasteiger partial charge is 0.181 e. The molecule has 0 aliphatic carbocycles. The summed E-state index contributed by atoms with van der Waals surface area (Å²) in [6.07, 6.45) is 0. The molecule has 3 N–H and O–H groups in total. The van der Waals surface area contributed by atoms with Gasteiger partial charge in [-0.25, -0.2) is 4.98 Å². The number of nitrogen functional groups attached to an aromatic ring is 1. The van der Waals surface area contributed by atoms with Crippen molar-refractivity contribution in [3.63, 3.8) is 0 Å². The largest absolute Gasteiger partial charge is 0.493 e. The van der Waals surface area contributed by atoms with Crippen molar-refractivity contribution in [1.29, 1.82) is 0 Å². The van der Waals surface area contributed by atoms with Crippen molar-refractivity contribution in [1.82, 2.24) is 15.2 Å². The molecule has 0 spiro atoms. The summed E-state index contributed by atoms with van der Waals surface area (Å²) in [5.41, 5.74) is 8.20. The van der Waals surface area contributed by atoms with Crippen LogP contribution in [-0.4, -0.2) is 28.9 Å². The van der Waals surface area contributed by atoms with Crippen molar-refractivity contribution in [2.75, 3.05) is 19.5 Å². The Balaban J connectivity index is 1.93. The van der Waals surface area contributed by atoms with Crippen molar-refractivity contribution < 1.29 is 9.47 Å². The second-order valence-electron chi connectivity index (χ2n) is 4.93. The van der Waals surface area contributed by atoms with E-state index in [1.807, 2.05) is 49.4 Å². The lowest BCUT2D eigenvalue weighted by Gasteiger charge is -2.09. The van der Waals surface area contributed by atoms with Crippen LogP contribution < -0.4 is 15.2 Å². The lowest BCUT2D eigenvalue weighted by molar-refractivity contribution is 0.311. The summed E-state index contributed by atoms with van der Waals surface area (Å²) >= 11 is 0. The SMILES string of the molecule is CCOc1cc(-c2n[nH]c(-c3ccc(N)cc3)n2)ccc1OC. The summed E-state index contributed by atoms with van der Waals surface area (Å²) in [4.78, 5) is 4.53. The van der Waals surface area contributed by atoms with Gasteiger partial charge in [-0.2, -0.15) is 5.10 Å². The van der Waals surface area contributed by atoms with Gasteiger partial charge in [-0.15, -0.1) is 0 Å². The molecule has 0 unspecified atom stereocenters. The molecule has 0 radical (unpaired) electrons. The number of ether oxygens (including phenoxy) is 2. The summed E-state index contributed by atoms with van der Waals surface area (Å²) in [7, 11) is 1.61. The summed E-state index contributed by atoms with van der Waals surface area (Å²) in [6.45, 7) is 2.49. The molecule has 6 nitrogen and oxygen atoms in total. The molecule has 0 fully saturated rings. The number of anilines is 1. The van der Waals surface area contributed by atoms with E-state index in [1.165, 1.54) is 0 Å². The van der Waals surface area contributed by atoms with Crippen LogP contribution in [0.25, 0.3) is 22.8 Å². The van der Waals surface area contributed by atoms with Gasteiger partial charge < -0.3 is 15.2 Å². The van der Waals surface area contributed by atoms with E-state index in [4.69, 9.17) is 15.2 Å². The Labute approximate surface area is 134 Å². The second-order valence-corrected chi connectivity index (χ2v) is 4.93. The van der Waals surface area contributed by atoms with E-state index >= 15 is 0 Å². The van der Waals surface area contributed by atoms with Crippen LogP contribution >= 0.6 is 0 Å². The molecule has 2 aromatic carbocycles. The zero-order valence-electron chi connectivity index (χ0n) is 13.0. The maximum Gasteiger partial charge on any atom is 0.181 e. The summed E-state index contributed by atoms with van der Waals surface area (Å²) < 4.78 is 10.9. The molecule has 23 heavy (non-hydrogen) atoms. The van der Waals surface area contributed by atoms with Crippen molar-refractivity contribution in [2.24, 2.45) is 0 Å². The van der Waals surface area contributed by atoms with Crippen LogP contribution in [0.4, 0.5) is 5.69 Å². The molecule has 3 rings (SSSR count). The highest BCUT2D eigenvalue weighted by Gasteiger charge is 2.11. The number of hydrogen-bond acceptors (Lipinski definition) is 5. The average Bonchev–Trinajstić information content (AvgIpc) is 3.06. The Bertz CT molecular complexity index is 797. The lowest BCUT2D eigenvalue weighted by Crippen LogP contribution is -1.96. The monoisotopic (exact) mass is 310 g/mol. The zero-order chi connectivity index (χ0) is 16.2. The number of aromatic nitrogens is 3. The predicted octanol–water partition coefficient (Wildman–Crippen LogP) is 3.13. The third kappa shape index (κ3) is 3.11. The highest BCUT2D eigenvalue weighted by Crippen LogP contribution is 2.31. The maximum atomic E-state index is 5.70. The van der Waals surface area contributed by atoms with Crippen molar-refractivity contribution in [3.05, 3.63) is 42.5 Å². The molecule has 118 valence electrons. The van der Waals surface area contributed by atoms with Gasteiger partial charge in [-0.3, -0.25) is 5.10 Å². The fraction of sp³-hybridized carbons (Fsp3) is 0.176. The van der Waals surface area contributed by atoms with Crippen LogP contribution in [0.3, 0.4) is 0 Å². The van der Waals surface area contributed by atoms with Crippen LogP contribution in [0.2, 0.25) is 0 Å². The molecule has 0 aliphatic rings. The molecule has 0 saturated heterocycles. The zero-order valence-corrected chi connectivity index (χ0v) is 13.0. The van der Waals surface area contributed by atoms with E-state index in [0.29, 0.717) is 35.4 Å². The number of aromatic amines is 1. The molecular weight excluding hydrogens is 292 g/mol. The minimum absolute atomic E-state index is 0.560. The molecule has 0 atom stereocenters.